The van der Waals surface area contributed by atoms with Gasteiger partial charge >= 0.3 is 5.97 Å². The van der Waals surface area contributed by atoms with E-state index in [1.807, 2.05) is 25.1 Å². The number of carbonyl (C=O) groups excluding carboxylic acids is 1. The average Bonchev–Trinajstić information content (AvgIpc) is 2.43. The van der Waals surface area contributed by atoms with E-state index in [0.29, 0.717) is 6.61 Å². The van der Waals surface area contributed by atoms with Crippen molar-refractivity contribution in [3.63, 3.8) is 0 Å². The van der Waals surface area contributed by atoms with Crippen LogP contribution in [0.2, 0.25) is 0 Å². The van der Waals surface area contributed by atoms with Crippen LogP contribution in [0.5, 0.6) is 0 Å². The molecule has 0 unspecified atom stereocenters. The second-order valence-corrected chi connectivity index (χ2v) is 5.11. The fraction of sp³-hybridized carbons (Fsp3) is 0.562. The van der Waals surface area contributed by atoms with Crippen molar-refractivity contribution in [3.05, 3.63) is 35.4 Å². The highest BCUT2D eigenvalue weighted by Crippen LogP contribution is 2.28. The highest BCUT2D eigenvalue weighted by molar-refractivity contribution is 5.78. The molecule has 3 heteroatoms. The van der Waals surface area contributed by atoms with Crippen molar-refractivity contribution < 1.29 is 9.53 Å². The zero-order valence-electron chi connectivity index (χ0n) is 11.9. The molecule has 0 aliphatic carbocycles. The molecule has 0 aromatic heterocycles. The van der Waals surface area contributed by atoms with Crippen molar-refractivity contribution in [1.29, 1.82) is 0 Å². The lowest BCUT2D eigenvalue weighted by Crippen LogP contribution is -2.39. The topological polar surface area (TPSA) is 29.5 Å². The standard InChI is InChI=1S/C16H23NO2/c1-3-19-16(18)15(17-11-7-4-8-12-17)14-10-6-5-9-13(14)2/h5-6,9-10,15H,3-4,7-8,11-12H2,1-2H3/t15-/m1/s1. The minimum Gasteiger partial charge on any atom is -0.465 e. The van der Waals surface area contributed by atoms with E-state index in [0.717, 1.165) is 24.2 Å². The lowest BCUT2D eigenvalue weighted by molar-refractivity contribution is -0.150. The van der Waals surface area contributed by atoms with Crippen LogP contribution in [0.15, 0.2) is 24.3 Å². The summed E-state index contributed by atoms with van der Waals surface area (Å²) in [6.45, 7) is 6.33. The molecule has 0 spiro atoms. The first-order valence-electron chi connectivity index (χ1n) is 7.20. The molecule has 1 aromatic rings. The van der Waals surface area contributed by atoms with Crippen LogP contribution in [0.3, 0.4) is 0 Å². The van der Waals surface area contributed by atoms with Gasteiger partial charge in [0, 0.05) is 0 Å². The summed E-state index contributed by atoms with van der Waals surface area (Å²) in [7, 11) is 0. The van der Waals surface area contributed by atoms with Crippen LogP contribution in [-0.2, 0) is 9.53 Å². The van der Waals surface area contributed by atoms with Gasteiger partial charge in [-0.05, 0) is 50.9 Å². The molecule has 1 aromatic carbocycles. The Morgan fingerprint density at radius 2 is 1.95 bits per heavy atom. The van der Waals surface area contributed by atoms with Crippen LogP contribution in [-0.4, -0.2) is 30.6 Å². The molecule has 0 amide bonds. The zero-order chi connectivity index (χ0) is 13.7. The van der Waals surface area contributed by atoms with Gasteiger partial charge in [-0.1, -0.05) is 30.7 Å². The number of rotatable bonds is 4. The van der Waals surface area contributed by atoms with Crippen LogP contribution >= 0.6 is 0 Å². The largest absolute Gasteiger partial charge is 0.465 e. The summed E-state index contributed by atoms with van der Waals surface area (Å²) < 4.78 is 5.29. The summed E-state index contributed by atoms with van der Waals surface area (Å²) in [5.41, 5.74) is 2.24. The number of aryl methyl sites for hydroxylation is 1. The van der Waals surface area contributed by atoms with E-state index >= 15 is 0 Å². The summed E-state index contributed by atoms with van der Waals surface area (Å²) in [6.07, 6.45) is 3.60. The Morgan fingerprint density at radius 3 is 2.58 bits per heavy atom. The van der Waals surface area contributed by atoms with Gasteiger partial charge in [0.25, 0.3) is 0 Å². The maximum Gasteiger partial charge on any atom is 0.328 e. The molecule has 1 fully saturated rings. The smallest absolute Gasteiger partial charge is 0.328 e. The van der Waals surface area contributed by atoms with Gasteiger partial charge in [0.05, 0.1) is 6.61 Å². The second-order valence-electron chi connectivity index (χ2n) is 5.11. The predicted octanol–water partition coefficient (Wildman–Crippen LogP) is 3.09. The number of hydrogen-bond donors (Lipinski definition) is 0. The molecule has 1 aliphatic rings. The second kappa shape index (κ2) is 6.71. The lowest BCUT2D eigenvalue weighted by Gasteiger charge is -2.33. The van der Waals surface area contributed by atoms with E-state index in [9.17, 15) is 4.79 Å². The van der Waals surface area contributed by atoms with E-state index in [1.165, 1.54) is 19.3 Å². The highest BCUT2D eigenvalue weighted by Gasteiger charge is 2.30. The fourth-order valence-corrected chi connectivity index (χ4v) is 2.76. The molecule has 1 atom stereocenters. The third-order valence-corrected chi connectivity index (χ3v) is 3.75. The van der Waals surface area contributed by atoms with Crippen LogP contribution < -0.4 is 0 Å². The molecular weight excluding hydrogens is 238 g/mol. The van der Waals surface area contributed by atoms with E-state index in [1.54, 1.807) is 0 Å². The monoisotopic (exact) mass is 261 g/mol. The molecule has 1 aliphatic heterocycles. The lowest BCUT2D eigenvalue weighted by atomic mass is 9.98. The molecule has 1 heterocycles. The molecule has 19 heavy (non-hydrogen) atoms. The number of nitrogens with zero attached hydrogens (tertiary/aromatic N) is 1. The number of hydrogen-bond acceptors (Lipinski definition) is 3. The summed E-state index contributed by atoms with van der Waals surface area (Å²) >= 11 is 0. The quantitative estimate of drug-likeness (QED) is 0.780. The Hall–Kier alpha value is -1.35. The first kappa shape index (κ1) is 14.1. The Kier molecular flexibility index (Phi) is 4.97. The van der Waals surface area contributed by atoms with Gasteiger partial charge in [-0.15, -0.1) is 0 Å². The van der Waals surface area contributed by atoms with Gasteiger partial charge in [-0.25, -0.2) is 4.79 Å². The molecule has 0 N–H and O–H groups in total. The summed E-state index contributed by atoms with van der Waals surface area (Å²) in [6, 6.07) is 7.88. The predicted molar refractivity (Wildman–Crippen MR) is 76.0 cm³/mol. The van der Waals surface area contributed by atoms with Gasteiger partial charge in [0.15, 0.2) is 0 Å². The molecule has 0 radical (unpaired) electrons. The normalized spacial score (nSPS) is 18.0. The van der Waals surface area contributed by atoms with Crippen molar-refractivity contribution in [2.24, 2.45) is 0 Å². The van der Waals surface area contributed by atoms with Crippen LogP contribution in [0.1, 0.15) is 43.4 Å². The van der Waals surface area contributed by atoms with Crippen molar-refractivity contribution in [3.8, 4) is 0 Å². The Morgan fingerprint density at radius 1 is 1.26 bits per heavy atom. The molecule has 104 valence electrons. The molecule has 1 saturated heterocycles. The maximum absolute atomic E-state index is 12.3. The van der Waals surface area contributed by atoms with Crippen molar-refractivity contribution in [2.75, 3.05) is 19.7 Å². The van der Waals surface area contributed by atoms with E-state index < -0.39 is 0 Å². The van der Waals surface area contributed by atoms with Gasteiger partial charge in [0.1, 0.15) is 6.04 Å². The van der Waals surface area contributed by atoms with E-state index in [2.05, 4.69) is 17.9 Å². The Bertz CT molecular complexity index is 425. The first-order chi connectivity index (χ1) is 9.24. The van der Waals surface area contributed by atoms with Crippen LogP contribution in [0, 0.1) is 6.92 Å². The summed E-state index contributed by atoms with van der Waals surface area (Å²) in [5, 5.41) is 0. The third kappa shape index (κ3) is 3.35. The third-order valence-electron chi connectivity index (χ3n) is 3.75. The number of esters is 1. The summed E-state index contributed by atoms with van der Waals surface area (Å²) in [5.74, 6) is -0.112. The van der Waals surface area contributed by atoms with Crippen LogP contribution in [0.25, 0.3) is 0 Å². The highest BCUT2D eigenvalue weighted by atomic mass is 16.5. The maximum atomic E-state index is 12.3. The van der Waals surface area contributed by atoms with Crippen molar-refractivity contribution in [1.82, 2.24) is 4.90 Å². The Labute approximate surface area is 115 Å². The van der Waals surface area contributed by atoms with Gasteiger partial charge in [-0.2, -0.15) is 0 Å². The average molecular weight is 261 g/mol. The SMILES string of the molecule is CCOC(=O)[C@@H](c1ccccc1C)N1CCCCC1. The minimum absolute atomic E-state index is 0.112. The molecule has 3 nitrogen and oxygen atoms in total. The van der Waals surface area contributed by atoms with Gasteiger partial charge < -0.3 is 4.74 Å². The molecule has 2 rings (SSSR count). The van der Waals surface area contributed by atoms with E-state index in [4.69, 9.17) is 4.74 Å². The first-order valence-corrected chi connectivity index (χ1v) is 7.20. The zero-order valence-corrected chi connectivity index (χ0v) is 11.9. The molecular formula is C16H23NO2. The van der Waals surface area contributed by atoms with Gasteiger partial charge in [0.2, 0.25) is 0 Å². The molecule has 0 bridgehead atoms. The number of ether oxygens (including phenoxy) is 1. The van der Waals surface area contributed by atoms with Crippen LogP contribution in [0.4, 0.5) is 0 Å². The Balaban J connectivity index is 2.28. The van der Waals surface area contributed by atoms with Crippen molar-refractivity contribution >= 4 is 5.97 Å². The number of carbonyl (C=O) groups is 1. The minimum atomic E-state index is -0.235. The number of benzene rings is 1. The summed E-state index contributed by atoms with van der Waals surface area (Å²) in [4.78, 5) is 14.6. The van der Waals surface area contributed by atoms with E-state index in [-0.39, 0.29) is 12.0 Å². The molecule has 0 saturated carbocycles. The van der Waals surface area contributed by atoms with Crippen molar-refractivity contribution in [2.45, 2.75) is 39.2 Å². The number of likely N-dealkylation sites (tertiary alicyclic amines) is 1. The number of piperidine rings is 1. The fourth-order valence-electron chi connectivity index (χ4n) is 2.76. The van der Waals surface area contributed by atoms with Gasteiger partial charge in [-0.3, -0.25) is 4.90 Å².